The molecule has 18 heavy (non-hydrogen) atoms. The molecule has 1 aromatic rings. The van der Waals surface area contributed by atoms with E-state index < -0.39 is 0 Å². The smallest absolute Gasteiger partial charge is 0.142 e. The highest BCUT2D eigenvalue weighted by Crippen LogP contribution is 2.17. The molecule has 98 valence electrons. The zero-order chi connectivity index (χ0) is 13.5. The van der Waals surface area contributed by atoms with Crippen LogP contribution in [0.5, 0.6) is 0 Å². The summed E-state index contributed by atoms with van der Waals surface area (Å²) in [5.41, 5.74) is 0.489. The summed E-state index contributed by atoms with van der Waals surface area (Å²) < 4.78 is 0. The van der Waals surface area contributed by atoms with Gasteiger partial charge in [0, 0.05) is 25.7 Å². The fourth-order valence-corrected chi connectivity index (χ4v) is 2.13. The highest BCUT2D eigenvalue weighted by atomic mass is 15.3. The first kappa shape index (κ1) is 14.5. The maximum atomic E-state index is 8.83. The molecular formula is C14H22N4. The van der Waals surface area contributed by atoms with Crippen molar-refractivity contribution in [3.05, 3.63) is 23.9 Å². The second-order valence-electron chi connectivity index (χ2n) is 4.30. The van der Waals surface area contributed by atoms with Crippen LogP contribution < -0.4 is 4.90 Å². The molecule has 0 amide bonds. The van der Waals surface area contributed by atoms with E-state index in [0.29, 0.717) is 11.7 Å². The first-order chi connectivity index (χ1) is 8.70. The van der Waals surface area contributed by atoms with Crippen molar-refractivity contribution in [2.24, 2.45) is 0 Å². The Labute approximate surface area is 110 Å². The van der Waals surface area contributed by atoms with E-state index in [9.17, 15) is 0 Å². The Morgan fingerprint density at radius 2 is 2.06 bits per heavy atom. The van der Waals surface area contributed by atoms with Gasteiger partial charge in [0.1, 0.15) is 17.6 Å². The zero-order valence-electron chi connectivity index (χ0n) is 11.7. The highest BCUT2D eigenvalue weighted by molar-refractivity contribution is 5.43. The number of rotatable bonds is 1. The van der Waals surface area contributed by atoms with Crippen molar-refractivity contribution in [3.63, 3.8) is 0 Å². The van der Waals surface area contributed by atoms with E-state index in [-0.39, 0.29) is 0 Å². The zero-order valence-corrected chi connectivity index (χ0v) is 11.7. The predicted molar refractivity (Wildman–Crippen MR) is 74.6 cm³/mol. The molecule has 1 fully saturated rings. The van der Waals surface area contributed by atoms with E-state index in [1.807, 2.05) is 26.0 Å². The average molecular weight is 246 g/mol. The molecule has 0 N–H and O–H groups in total. The Morgan fingerprint density at radius 3 is 2.67 bits per heavy atom. The summed E-state index contributed by atoms with van der Waals surface area (Å²) >= 11 is 0. The summed E-state index contributed by atoms with van der Waals surface area (Å²) in [6.45, 7) is 9.25. The van der Waals surface area contributed by atoms with Gasteiger partial charge in [0.15, 0.2) is 0 Å². The van der Waals surface area contributed by atoms with Crippen molar-refractivity contribution in [2.75, 3.05) is 31.6 Å². The van der Waals surface area contributed by atoms with Crippen molar-refractivity contribution in [3.8, 4) is 6.07 Å². The minimum Gasteiger partial charge on any atom is -0.351 e. The van der Waals surface area contributed by atoms with Crippen molar-refractivity contribution in [1.82, 2.24) is 9.88 Å². The summed E-state index contributed by atoms with van der Waals surface area (Å²) in [6.07, 6.45) is 0. The fraction of sp³-hybridized carbons (Fsp3) is 0.571. The van der Waals surface area contributed by atoms with Gasteiger partial charge in [-0.1, -0.05) is 19.9 Å². The number of pyridine rings is 1. The van der Waals surface area contributed by atoms with Gasteiger partial charge in [-0.05, 0) is 26.1 Å². The Hall–Kier alpha value is -1.60. The molecule has 0 saturated carbocycles. The quantitative estimate of drug-likeness (QED) is 0.761. The van der Waals surface area contributed by atoms with Crippen molar-refractivity contribution < 1.29 is 0 Å². The molecule has 1 atom stereocenters. The third-order valence-corrected chi connectivity index (χ3v) is 2.97. The third kappa shape index (κ3) is 3.44. The molecule has 0 radical (unpaired) electrons. The maximum Gasteiger partial charge on any atom is 0.142 e. The molecule has 1 aliphatic rings. The first-order valence-electron chi connectivity index (χ1n) is 6.53. The molecule has 4 heteroatoms. The minimum absolute atomic E-state index is 0.445. The second kappa shape index (κ2) is 6.97. The van der Waals surface area contributed by atoms with Crippen LogP contribution in [-0.2, 0) is 0 Å². The fourth-order valence-electron chi connectivity index (χ4n) is 2.13. The molecule has 0 spiro atoms. The molecule has 0 unspecified atom stereocenters. The maximum absolute atomic E-state index is 8.83. The van der Waals surface area contributed by atoms with Gasteiger partial charge >= 0.3 is 0 Å². The third-order valence-electron chi connectivity index (χ3n) is 2.97. The first-order valence-corrected chi connectivity index (χ1v) is 6.53. The molecule has 2 rings (SSSR count). The van der Waals surface area contributed by atoms with Crippen LogP contribution in [-0.4, -0.2) is 42.6 Å². The van der Waals surface area contributed by atoms with Gasteiger partial charge in [0.05, 0.1) is 0 Å². The van der Waals surface area contributed by atoms with Crippen molar-refractivity contribution in [2.45, 2.75) is 26.8 Å². The standard InChI is InChI=1S/C12H16N4.C2H6/c1-10-9-15(2)6-7-16(10)12-5-3-4-11(8-13)14-12;1-2/h3-5,10H,6-7,9H2,1-2H3;1-2H3/t10-;/m0./s1. The lowest BCUT2D eigenvalue weighted by molar-refractivity contribution is 0.274. The van der Waals surface area contributed by atoms with E-state index in [4.69, 9.17) is 5.26 Å². The highest BCUT2D eigenvalue weighted by Gasteiger charge is 2.22. The summed E-state index contributed by atoms with van der Waals surface area (Å²) in [5.74, 6) is 0.916. The normalized spacial score (nSPS) is 19.7. The van der Waals surface area contributed by atoms with Gasteiger partial charge in [-0.3, -0.25) is 0 Å². The summed E-state index contributed by atoms with van der Waals surface area (Å²) in [5, 5.41) is 8.83. The summed E-state index contributed by atoms with van der Waals surface area (Å²) in [4.78, 5) is 8.92. The van der Waals surface area contributed by atoms with Crippen LogP contribution in [0.15, 0.2) is 18.2 Å². The number of anilines is 1. The number of aromatic nitrogens is 1. The second-order valence-corrected chi connectivity index (χ2v) is 4.30. The molecule has 0 aromatic carbocycles. The van der Waals surface area contributed by atoms with Crippen LogP contribution in [0.1, 0.15) is 26.5 Å². The predicted octanol–water partition coefficient (Wildman–Crippen LogP) is 2.12. The number of hydrogen-bond acceptors (Lipinski definition) is 4. The number of piperazine rings is 1. The van der Waals surface area contributed by atoms with Crippen LogP contribution >= 0.6 is 0 Å². The monoisotopic (exact) mass is 246 g/mol. The van der Waals surface area contributed by atoms with Crippen molar-refractivity contribution in [1.29, 1.82) is 5.26 Å². The van der Waals surface area contributed by atoms with E-state index in [2.05, 4.69) is 34.8 Å². The molecular weight excluding hydrogens is 224 g/mol. The lowest BCUT2D eigenvalue weighted by Crippen LogP contribution is -2.50. The summed E-state index contributed by atoms with van der Waals surface area (Å²) in [7, 11) is 2.13. The molecule has 1 aliphatic heterocycles. The van der Waals surface area contributed by atoms with Crippen LogP contribution in [0.3, 0.4) is 0 Å². The lowest BCUT2D eigenvalue weighted by Gasteiger charge is -2.39. The minimum atomic E-state index is 0.445. The van der Waals surface area contributed by atoms with E-state index >= 15 is 0 Å². The number of likely N-dealkylation sites (N-methyl/N-ethyl adjacent to an activating group) is 1. The van der Waals surface area contributed by atoms with Gasteiger partial charge in [-0.15, -0.1) is 0 Å². The molecule has 0 aliphatic carbocycles. The van der Waals surface area contributed by atoms with Gasteiger partial charge in [0.25, 0.3) is 0 Å². The Kier molecular flexibility index (Phi) is 5.60. The van der Waals surface area contributed by atoms with E-state index in [0.717, 1.165) is 25.5 Å². The molecule has 2 heterocycles. The summed E-state index contributed by atoms with van der Waals surface area (Å²) in [6, 6.07) is 8.14. The Bertz CT molecular complexity index is 411. The SMILES string of the molecule is CC.C[C@H]1CN(C)CCN1c1cccc(C#N)n1. The van der Waals surface area contributed by atoms with Crippen LogP contribution in [0.25, 0.3) is 0 Å². The van der Waals surface area contributed by atoms with Crippen molar-refractivity contribution >= 4 is 5.82 Å². The number of nitriles is 1. The Morgan fingerprint density at radius 1 is 1.33 bits per heavy atom. The topological polar surface area (TPSA) is 43.2 Å². The number of hydrogen-bond donors (Lipinski definition) is 0. The van der Waals surface area contributed by atoms with Crippen LogP contribution in [0.4, 0.5) is 5.82 Å². The van der Waals surface area contributed by atoms with Gasteiger partial charge < -0.3 is 9.80 Å². The number of nitrogens with zero attached hydrogens (tertiary/aromatic N) is 4. The Balaban J connectivity index is 0.000000771. The molecule has 1 saturated heterocycles. The molecule has 0 bridgehead atoms. The largest absolute Gasteiger partial charge is 0.351 e. The average Bonchev–Trinajstić information content (AvgIpc) is 2.41. The van der Waals surface area contributed by atoms with Crippen LogP contribution in [0, 0.1) is 11.3 Å². The van der Waals surface area contributed by atoms with E-state index in [1.165, 1.54) is 0 Å². The lowest BCUT2D eigenvalue weighted by atomic mass is 10.2. The molecule has 1 aromatic heterocycles. The van der Waals surface area contributed by atoms with Gasteiger partial charge in [0.2, 0.25) is 0 Å². The molecule has 4 nitrogen and oxygen atoms in total. The van der Waals surface area contributed by atoms with Gasteiger partial charge in [-0.25, -0.2) is 4.98 Å². The van der Waals surface area contributed by atoms with E-state index in [1.54, 1.807) is 6.07 Å². The van der Waals surface area contributed by atoms with Crippen LogP contribution in [0.2, 0.25) is 0 Å². The van der Waals surface area contributed by atoms with Gasteiger partial charge in [-0.2, -0.15) is 5.26 Å².